The second-order valence-electron chi connectivity index (χ2n) is 14.2. The zero-order valence-electron chi connectivity index (χ0n) is 28.3. The lowest BCUT2D eigenvalue weighted by molar-refractivity contribution is -0.149. The van der Waals surface area contributed by atoms with Gasteiger partial charge in [0.25, 0.3) is 5.91 Å². The number of likely N-dealkylation sites (tertiary alicyclic amines) is 1. The third kappa shape index (κ3) is 8.07. The van der Waals surface area contributed by atoms with E-state index in [1.165, 1.54) is 12.1 Å². The van der Waals surface area contributed by atoms with Crippen LogP contribution in [0.15, 0.2) is 24.3 Å². The van der Waals surface area contributed by atoms with Crippen molar-refractivity contribution in [2.24, 2.45) is 11.8 Å². The number of nitrogens with one attached hydrogen (secondary N) is 1. The van der Waals surface area contributed by atoms with Gasteiger partial charge in [-0.15, -0.1) is 11.3 Å². The molecule has 2 aromatic rings. The summed E-state index contributed by atoms with van der Waals surface area (Å²) < 4.78 is 52.1. The summed E-state index contributed by atoms with van der Waals surface area (Å²) in [6.45, 7) is 10.4. The lowest BCUT2D eigenvalue weighted by atomic mass is 9.99. The third-order valence-electron chi connectivity index (χ3n) is 9.99. The predicted molar refractivity (Wildman–Crippen MR) is 182 cm³/mol. The molecule has 0 radical (unpaired) electrons. The molecule has 276 valence electrons. The number of carbonyl (C=O) groups is 3. The van der Waals surface area contributed by atoms with Crippen molar-refractivity contribution in [3.8, 4) is 0 Å². The van der Waals surface area contributed by atoms with Crippen LogP contribution in [-0.2, 0) is 29.3 Å². The fraction of sp³-hybridized carbons (Fsp3) is 0.667. The van der Waals surface area contributed by atoms with E-state index in [2.05, 4.69) is 29.0 Å². The number of morpholine rings is 1. The molecule has 5 heterocycles. The van der Waals surface area contributed by atoms with Gasteiger partial charge in [-0.25, -0.2) is 0 Å². The van der Waals surface area contributed by atoms with Crippen molar-refractivity contribution in [2.75, 3.05) is 72.4 Å². The number of ether oxygens (including phenoxy) is 2. The Morgan fingerprint density at radius 1 is 1.08 bits per heavy atom. The van der Waals surface area contributed by atoms with Gasteiger partial charge in [0.1, 0.15) is 6.04 Å². The monoisotopic (exact) mass is 741 g/mol. The van der Waals surface area contributed by atoms with E-state index in [1.807, 2.05) is 9.80 Å². The molecular formula is C33H46F2N5O8PS. The van der Waals surface area contributed by atoms with E-state index in [4.69, 9.17) is 19.3 Å². The zero-order valence-corrected chi connectivity index (χ0v) is 30.1. The smallest absolute Gasteiger partial charge is 0.378 e. The van der Waals surface area contributed by atoms with Crippen LogP contribution in [0, 0.1) is 11.8 Å². The van der Waals surface area contributed by atoms with Crippen molar-refractivity contribution in [1.82, 2.24) is 24.9 Å². The maximum absolute atomic E-state index is 14.4. The first kappa shape index (κ1) is 37.2. The van der Waals surface area contributed by atoms with Crippen LogP contribution in [0.2, 0.25) is 0 Å². The summed E-state index contributed by atoms with van der Waals surface area (Å²) in [5.41, 5.74) is -5.21. The molecule has 1 aromatic heterocycles. The molecule has 4 fully saturated rings. The summed E-state index contributed by atoms with van der Waals surface area (Å²) in [5.74, 6) is -0.246. The SMILES string of the molecule is CC(C)CN1CC[C@H]2CCC(COCN3CC(C(=O)N4CCOCC4)C3)N2C(=O)C(NC(=O)c2cc3cc(C(F)(F)P(=O)(O)O)ccc3s2)C1. The van der Waals surface area contributed by atoms with Gasteiger partial charge in [-0.05, 0) is 48.8 Å². The van der Waals surface area contributed by atoms with Gasteiger partial charge < -0.3 is 39.3 Å². The fourth-order valence-corrected chi connectivity index (χ4v) is 8.85. The van der Waals surface area contributed by atoms with Gasteiger partial charge in [0.05, 0.1) is 43.4 Å². The predicted octanol–water partition coefficient (Wildman–Crippen LogP) is 2.71. The second kappa shape index (κ2) is 15.2. The molecule has 4 aliphatic rings. The van der Waals surface area contributed by atoms with E-state index in [0.29, 0.717) is 69.9 Å². The van der Waals surface area contributed by atoms with E-state index in [-0.39, 0.29) is 40.1 Å². The van der Waals surface area contributed by atoms with Crippen molar-refractivity contribution >= 4 is 46.7 Å². The molecular weight excluding hydrogens is 695 g/mol. The number of hydrogen-bond donors (Lipinski definition) is 3. The van der Waals surface area contributed by atoms with Crippen molar-refractivity contribution in [3.63, 3.8) is 0 Å². The summed E-state index contributed by atoms with van der Waals surface area (Å²) in [6.07, 6.45) is 2.41. The highest BCUT2D eigenvalue weighted by Gasteiger charge is 2.50. The van der Waals surface area contributed by atoms with Crippen LogP contribution in [0.3, 0.4) is 0 Å². The van der Waals surface area contributed by atoms with Crippen LogP contribution >= 0.6 is 18.9 Å². The number of halogens is 2. The lowest BCUT2D eigenvalue weighted by Crippen LogP contribution is -2.59. The van der Waals surface area contributed by atoms with Gasteiger partial charge in [-0.1, -0.05) is 19.9 Å². The molecule has 0 bridgehead atoms. The largest absolute Gasteiger partial charge is 0.399 e. The Morgan fingerprint density at radius 2 is 1.82 bits per heavy atom. The van der Waals surface area contributed by atoms with Crippen LogP contribution in [0.5, 0.6) is 0 Å². The minimum absolute atomic E-state index is 0.00318. The van der Waals surface area contributed by atoms with Crippen LogP contribution in [0.4, 0.5) is 8.78 Å². The molecule has 13 nitrogen and oxygen atoms in total. The summed E-state index contributed by atoms with van der Waals surface area (Å²) >= 11 is 1.05. The Balaban J connectivity index is 1.10. The van der Waals surface area contributed by atoms with Crippen molar-refractivity contribution in [1.29, 1.82) is 0 Å². The van der Waals surface area contributed by atoms with E-state index >= 15 is 0 Å². The molecule has 3 N–H and O–H groups in total. The fourth-order valence-electron chi connectivity index (χ4n) is 7.43. The van der Waals surface area contributed by atoms with Gasteiger partial charge in [0.2, 0.25) is 11.8 Å². The average molecular weight is 742 g/mol. The zero-order chi connectivity index (χ0) is 35.8. The number of amides is 3. The van der Waals surface area contributed by atoms with Crippen molar-refractivity contribution in [2.45, 2.75) is 56.9 Å². The van der Waals surface area contributed by atoms with Gasteiger partial charge >= 0.3 is 13.3 Å². The van der Waals surface area contributed by atoms with Crippen LogP contribution in [0.1, 0.15) is 48.3 Å². The Labute approximate surface area is 294 Å². The quantitative estimate of drug-likeness (QED) is 0.294. The number of alkyl halides is 2. The van der Waals surface area contributed by atoms with Crippen molar-refractivity contribution < 1.29 is 47.0 Å². The maximum atomic E-state index is 14.4. The number of thiophene rings is 1. The van der Waals surface area contributed by atoms with Gasteiger partial charge in [0, 0.05) is 62.1 Å². The number of carbonyl (C=O) groups excluding carboxylic acids is 3. The molecule has 3 amide bonds. The lowest BCUT2D eigenvalue weighted by Gasteiger charge is -2.41. The van der Waals surface area contributed by atoms with Gasteiger partial charge in [0.15, 0.2) is 0 Å². The van der Waals surface area contributed by atoms with Crippen LogP contribution in [-0.4, -0.2) is 138 Å². The molecule has 17 heteroatoms. The molecule has 0 spiro atoms. The molecule has 3 atom stereocenters. The maximum Gasteiger partial charge on any atom is 0.399 e. The molecule has 2 unspecified atom stereocenters. The first-order chi connectivity index (χ1) is 23.7. The average Bonchev–Trinajstić information content (AvgIpc) is 3.66. The van der Waals surface area contributed by atoms with E-state index < -0.39 is 30.8 Å². The van der Waals surface area contributed by atoms with Crippen LogP contribution in [0.25, 0.3) is 10.1 Å². The Morgan fingerprint density at radius 3 is 2.52 bits per heavy atom. The Kier molecular flexibility index (Phi) is 11.3. The minimum Gasteiger partial charge on any atom is -0.378 e. The molecule has 0 aliphatic carbocycles. The summed E-state index contributed by atoms with van der Waals surface area (Å²) in [4.78, 5) is 67.2. The highest BCUT2D eigenvalue weighted by molar-refractivity contribution is 7.52. The topological polar surface area (TPSA) is 152 Å². The molecule has 1 aromatic carbocycles. The summed E-state index contributed by atoms with van der Waals surface area (Å²) in [5, 5.41) is 3.17. The van der Waals surface area contributed by atoms with Gasteiger partial charge in [-0.2, -0.15) is 8.78 Å². The normalized spacial score (nSPS) is 24.7. The minimum atomic E-state index is -5.76. The van der Waals surface area contributed by atoms with E-state index in [0.717, 1.165) is 55.8 Å². The molecule has 0 saturated carbocycles. The number of hydrogen-bond acceptors (Lipinski definition) is 9. The van der Waals surface area contributed by atoms with E-state index in [9.17, 15) is 27.7 Å². The second-order valence-corrected chi connectivity index (χ2v) is 17.0. The highest BCUT2D eigenvalue weighted by atomic mass is 32.1. The molecule has 6 rings (SSSR count). The number of nitrogens with zero attached hydrogens (tertiary/aromatic N) is 4. The highest BCUT2D eigenvalue weighted by Crippen LogP contribution is 2.59. The first-order valence-corrected chi connectivity index (χ1v) is 19.6. The molecule has 50 heavy (non-hydrogen) atoms. The summed E-state index contributed by atoms with van der Waals surface area (Å²) in [6, 6.07) is 3.63. The van der Waals surface area contributed by atoms with Crippen LogP contribution < -0.4 is 5.32 Å². The molecule has 4 aliphatic heterocycles. The Bertz CT molecular complexity index is 1610. The summed E-state index contributed by atoms with van der Waals surface area (Å²) in [7, 11) is -5.76. The number of benzene rings is 1. The third-order valence-corrected chi connectivity index (χ3v) is 12.1. The number of fused-ring (bicyclic) bond motifs is 2. The Hall–Kier alpha value is -2.56. The van der Waals surface area contributed by atoms with E-state index in [1.54, 1.807) is 0 Å². The molecule has 4 saturated heterocycles. The van der Waals surface area contributed by atoms with Gasteiger partial charge in [-0.3, -0.25) is 23.8 Å². The van der Waals surface area contributed by atoms with Crippen molar-refractivity contribution in [3.05, 3.63) is 34.7 Å². The standard InChI is InChI=1S/C33H46F2N5O8PS/c1-21(2)15-37-8-7-25-4-5-26(19-48-20-38-16-23(17-38)31(42)39-9-11-47-12-10-39)40(25)32(43)27(18-37)36-30(41)29-14-22-13-24(3-6-28(22)50-29)33(34,35)49(44,45)46/h3,6,13-14,21,23,25-27H,4-5,7-12,15-20H2,1-2H3,(H,36,41)(H2,44,45,46)/t25-,26?,27?/m1/s1. The first-order valence-electron chi connectivity index (χ1n) is 17.2. The number of rotatable bonds is 11.